The van der Waals surface area contributed by atoms with E-state index in [1.807, 2.05) is 17.4 Å². The van der Waals surface area contributed by atoms with Crippen molar-refractivity contribution in [3.05, 3.63) is 51.7 Å². The molecule has 3 rings (SSSR count). The number of thiophene rings is 1. The summed E-state index contributed by atoms with van der Waals surface area (Å²) in [6.07, 6.45) is 2.43. The molecule has 106 valence electrons. The van der Waals surface area contributed by atoms with Crippen LogP contribution < -0.4 is 10.1 Å². The van der Waals surface area contributed by atoms with E-state index in [1.165, 1.54) is 28.8 Å². The molecule has 2 nitrogen and oxygen atoms in total. The molecule has 1 aliphatic carbocycles. The van der Waals surface area contributed by atoms with Crippen LogP contribution in [-0.2, 0) is 6.54 Å². The molecule has 0 unspecified atom stereocenters. The van der Waals surface area contributed by atoms with Crippen LogP contribution in [0.3, 0.4) is 0 Å². The van der Waals surface area contributed by atoms with Gasteiger partial charge in [-0.25, -0.2) is 0 Å². The van der Waals surface area contributed by atoms with Crippen LogP contribution in [0.2, 0.25) is 0 Å². The van der Waals surface area contributed by atoms with E-state index in [2.05, 4.69) is 41.9 Å². The molecule has 0 spiro atoms. The van der Waals surface area contributed by atoms with Gasteiger partial charge >= 0.3 is 0 Å². The monoisotopic (exact) mass is 287 g/mol. The summed E-state index contributed by atoms with van der Waals surface area (Å²) in [5.41, 5.74) is 2.77. The summed E-state index contributed by atoms with van der Waals surface area (Å²) in [6.45, 7) is 3.19. The Balaban J connectivity index is 1.53. The zero-order chi connectivity index (χ0) is 13.9. The summed E-state index contributed by atoms with van der Waals surface area (Å²) >= 11 is 1.85. The van der Waals surface area contributed by atoms with Gasteiger partial charge in [0, 0.05) is 17.5 Å². The highest BCUT2D eigenvalue weighted by Crippen LogP contribution is 2.41. The van der Waals surface area contributed by atoms with Crippen LogP contribution in [0.5, 0.6) is 5.75 Å². The molecule has 3 heteroatoms. The van der Waals surface area contributed by atoms with Crippen molar-refractivity contribution in [3.63, 3.8) is 0 Å². The van der Waals surface area contributed by atoms with Crippen LogP contribution in [0, 0.1) is 6.92 Å². The standard InChI is InChI=1S/C17H21NOS/c1-12-7-8-20-17(12)11-18-14-9-13(10-14)15-5-3-4-6-16(15)19-2/h3-8,13-14,18H,9-11H2,1-2H3. The van der Waals surface area contributed by atoms with Crippen molar-refractivity contribution < 1.29 is 4.74 Å². The number of rotatable bonds is 5. The van der Waals surface area contributed by atoms with Gasteiger partial charge in [-0.15, -0.1) is 11.3 Å². The summed E-state index contributed by atoms with van der Waals surface area (Å²) in [5, 5.41) is 5.84. The second kappa shape index (κ2) is 5.98. The predicted molar refractivity (Wildman–Crippen MR) is 84.7 cm³/mol. The van der Waals surface area contributed by atoms with Gasteiger partial charge < -0.3 is 10.1 Å². The van der Waals surface area contributed by atoms with E-state index in [9.17, 15) is 0 Å². The van der Waals surface area contributed by atoms with Gasteiger partial charge in [-0.05, 0) is 54.3 Å². The lowest BCUT2D eigenvalue weighted by atomic mass is 9.75. The fraction of sp³-hybridized carbons (Fsp3) is 0.412. The maximum Gasteiger partial charge on any atom is 0.122 e. The SMILES string of the molecule is COc1ccccc1C1CC(NCc2sccc2C)C1. The topological polar surface area (TPSA) is 21.3 Å². The van der Waals surface area contributed by atoms with E-state index in [-0.39, 0.29) is 0 Å². The van der Waals surface area contributed by atoms with E-state index >= 15 is 0 Å². The molecule has 0 radical (unpaired) electrons. The minimum atomic E-state index is 0.645. The molecule has 1 aliphatic rings. The Hall–Kier alpha value is -1.32. The Morgan fingerprint density at radius 1 is 1.25 bits per heavy atom. The van der Waals surface area contributed by atoms with Crippen LogP contribution in [-0.4, -0.2) is 13.2 Å². The number of para-hydroxylation sites is 1. The summed E-state index contributed by atoms with van der Waals surface area (Å²) in [4.78, 5) is 1.46. The third-order valence-corrected chi connectivity index (χ3v) is 5.26. The second-order valence-electron chi connectivity index (χ2n) is 5.51. The van der Waals surface area contributed by atoms with E-state index in [4.69, 9.17) is 4.74 Å². The molecule has 0 atom stereocenters. The normalized spacial score (nSPS) is 21.5. The van der Waals surface area contributed by atoms with Crippen LogP contribution in [0.15, 0.2) is 35.7 Å². The number of benzene rings is 1. The Morgan fingerprint density at radius 3 is 2.75 bits per heavy atom. The molecule has 1 aromatic heterocycles. The molecule has 0 bridgehead atoms. The van der Waals surface area contributed by atoms with E-state index in [0.29, 0.717) is 12.0 Å². The quantitative estimate of drug-likeness (QED) is 0.894. The first-order valence-corrected chi connectivity index (χ1v) is 8.05. The second-order valence-corrected chi connectivity index (χ2v) is 6.52. The minimum absolute atomic E-state index is 0.645. The van der Waals surface area contributed by atoms with Crippen LogP contribution in [0.4, 0.5) is 0 Å². The van der Waals surface area contributed by atoms with Crippen molar-refractivity contribution in [2.45, 2.75) is 38.3 Å². The lowest BCUT2D eigenvalue weighted by molar-refractivity contribution is 0.282. The number of hydrogen-bond donors (Lipinski definition) is 1. The maximum absolute atomic E-state index is 5.45. The maximum atomic E-state index is 5.45. The lowest BCUT2D eigenvalue weighted by Gasteiger charge is -2.37. The van der Waals surface area contributed by atoms with E-state index in [1.54, 1.807) is 7.11 Å². The van der Waals surface area contributed by atoms with Gasteiger partial charge in [-0.3, -0.25) is 0 Å². The van der Waals surface area contributed by atoms with Crippen molar-refractivity contribution >= 4 is 11.3 Å². The molecule has 1 heterocycles. The lowest BCUT2D eigenvalue weighted by Crippen LogP contribution is -2.39. The average Bonchev–Trinajstić information content (AvgIpc) is 2.83. The number of hydrogen-bond acceptors (Lipinski definition) is 3. The van der Waals surface area contributed by atoms with Crippen molar-refractivity contribution in [1.82, 2.24) is 5.32 Å². The molecular weight excluding hydrogens is 266 g/mol. The van der Waals surface area contributed by atoms with E-state index in [0.717, 1.165) is 12.3 Å². The predicted octanol–water partition coefficient (Wildman–Crippen LogP) is 4.10. The van der Waals surface area contributed by atoms with Gasteiger partial charge in [-0.1, -0.05) is 18.2 Å². The Labute approximate surface area is 124 Å². The van der Waals surface area contributed by atoms with Crippen LogP contribution in [0.1, 0.15) is 34.8 Å². The highest BCUT2D eigenvalue weighted by atomic mass is 32.1. The number of aryl methyl sites for hydroxylation is 1. The van der Waals surface area contributed by atoms with Crippen molar-refractivity contribution in [1.29, 1.82) is 0 Å². The zero-order valence-electron chi connectivity index (χ0n) is 12.1. The molecule has 1 fully saturated rings. The van der Waals surface area contributed by atoms with Gasteiger partial charge in [0.2, 0.25) is 0 Å². The summed E-state index contributed by atoms with van der Waals surface area (Å²) < 4.78 is 5.45. The first-order chi connectivity index (χ1) is 9.78. The molecule has 0 saturated heterocycles. The summed E-state index contributed by atoms with van der Waals surface area (Å²) in [6, 6.07) is 11.2. The van der Waals surface area contributed by atoms with Gasteiger partial charge in [0.15, 0.2) is 0 Å². The Morgan fingerprint density at radius 2 is 2.05 bits per heavy atom. The first kappa shape index (κ1) is 13.7. The van der Waals surface area contributed by atoms with Crippen molar-refractivity contribution in [2.24, 2.45) is 0 Å². The fourth-order valence-electron chi connectivity index (χ4n) is 2.86. The van der Waals surface area contributed by atoms with Gasteiger partial charge in [-0.2, -0.15) is 0 Å². The zero-order valence-corrected chi connectivity index (χ0v) is 12.9. The first-order valence-electron chi connectivity index (χ1n) is 7.17. The third-order valence-electron chi connectivity index (χ3n) is 4.24. The van der Waals surface area contributed by atoms with Crippen LogP contribution in [0.25, 0.3) is 0 Å². The molecule has 20 heavy (non-hydrogen) atoms. The number of methoxy groups -OCH3 is 1. The Kier molecular flexibility index (Phi) is 4.08. The third kappa shape index (κ3) is 2.74. The molecule has 0 aliphatic heterocycles. The molecule has 1 N–H and O–H groups in total. The minimum Gasteiger partial charge on any atom is -0.496 e. The van der Waals surface area contributed by atoms with Gasteiger partial charge in [0.25, 0.3) is 0 Å². The van der Waals surface area contributed by atoms with Crippen molar-refractivity contribution in [2.75, 3.05) is 7.11 Å². The average molecular weight is 287 g/mol. The number of ether oxygens (including phenoxy) is 1. The van der Waals surface area contributed by atoms with Gasteiger partial charge in [0.1, 0.15) is 5.75 Å². The highest BCUT2D eigenvalue weighted by Gasteiger charge is 2.31. The molecule has 1 saturated carbocycles. The van der Waals surface area contributed by atoms with Gasteiger partial charge in [0.05, 0.1) is 7.11 Å². The molecular formula is C17H21NOS. The Bertz CT molecular complexity index is 572. The summed E-state index contributed by atoms with van der Waals surface area (Å²) in [7, 11) is 1.76. The number of nitrogens with one attached hydrogen (secondary N) is 1. The van der Waals surface area contributed by atoms with Crippen molar-refractivity contribution in [3.8, 4) is 5.75 Å². The largest absolute Gasteiger partial charge is 0.496 e. The molecule has 1 aromatic carbocycles. The highest BCUT2D eigenvalue weighted by molar-refractivity contribution is 7.10. The molecule has 0 amide bonds. The van der Waals surface area contributed by atoms with E-state index < -0.39 is 0 Å². The van der Waals surface area contributed by atoms with Crippen LogP contribution >= 0.6 is 11.3 Å². The fourth-order valence-corrected chi connectivity index (χ4v) is 3.72. The molecule has 2 aromatic rings. The smallest absolute Gasteiger partial charge is 0.122 e. The summed E-state index contributed by atoms with van der Waals surface area (Å²) in [5.74, 6) is 1.68.